The van der Waals surface area contributed by atoms with Crippen LogP contribution in [0.4, 0.5) is 4.39 Å². The highest BCUT2D eigenvalue weighted by Crippen LogP contribution is 2.26. The van der Waals surface area contributed by atoms with Crippen molar-refractivity contribution in [2.75, 3.05) is 13.1 Å². The largest absolute Gasteiger partial charge is 0.481 e. The average Bonchev–Trinajstić information content (AvgIpc) is 2.77. The van der Waals surface area contributed by atoms with E-state index in [1.54, 1.807) is 0 Å². The Kier molecular flexibility index (Phi) is 3.81. The maximum absolute atomic E-state index is 13.5. The molecule has 1 aliphatic heterocycles. The molecule has 0 amide bonds. The Morgan fingerprint density at radius 3 is 2.95 bits per heavy atom. The Morgan fingerprint density at radius 1 is 1.58 bits per heavy atom. The maximum Gasteiger partial charge on any atom is 0.303 e. The van der Waals surface area contributed by atoms with Crippen LogP contribution in [0, 0.1) is 11.7 Å². The molecule has 1 unspecified atom stereocenters. The maximum atomic E-state index is 13.5. The smallest absolute Gasteiger partial charge is 0.303 e. The first-order chi connectivity index (χ1) is 8.91. The van der Waals surface area contributed by atoms with Crippen molar-refractivity contribution >= 4 is 16.0 Å². The van der Waals surface area contributed by atoms with Gasteiger partial charge in [0.2, 0.25) is 5.03 Å². The lowest BCUT2D eigenvalue weighted by molar-refractivity contribution is -0.137. The molecule has 0 spiro atoms. The number of carbonyl (C=O) groups is 1. The fourth-order valence-corrected chi connectivity index (χ4v) is 3.62. The zero-order chi connectivity index (χ0) is 14.0. The molecule has 0 aliphatic carbocycles. The summed E-state index contributed by atoms with van der Waals surface area (Å²) in [5, 5.41) is 8.08. The Morgan fingerprint density at radius 2 is 2.32 bits per heavy atom. The summed E-state index contributed by atoms with van der Waals surface area (Å²) in [6.07, 6.45) is 1.58. The highest BCUT2D eigenvalue weighted by Gasteiger charge is 2.35. The van der Waals surface area contributed by atoms with Crippen LogP contribution in [-0.2, 0) is 14.8 Å². The van der Waals surface area contributed by atoms with Gasteiger partial charge in [-0.2, -0.15) is 4.31 Å². The van der Waals surface area contributed by atoms with Crippen molar-refractivity contribution in [3.8, 4) is 0 Å². The van der Waals surface area contributed by atoms with Gasteiger partial charge in [0.15, 0.2) is 5.82 Å². The topological polar surface area (TPSA) is 87.6 Å². The van der Waals surface area contributed by atoms with E-state index in [4.69, 9.17) is 5.11 Å². The number of carboxylic acids is 1. The summed E-state index contributed by atoms with van der Waals surface area (Å²) in [4.78, 5) is 14.2. The van der Waals surface area contributed by atoms with E-state index < -0.39 is 26.8 Å². The third kappa shape index (κ3) is 2.90. The number of pyridine rings is 1. The molecule has 1 atom stereocenters. The molecule has 1 aliphatic rings. The lowest BCUT2D eigenvalue weighted by Gasteiger charge is -2.15. The van der Waals surface area contributed by atoms with Crippen molar-refractivity contribution in [1.29, 1.82) is 0 Å². The molecule has 1 saturated heterocycles. The first kappa shape index (κ1) is 13.9. The molecule has 6 nitrogen and oxygen atoms in total. The van der Waals surface area contributed by atoms with E-state index in [0.29, 0.717) is 6.42 Å². The number of aromatic nitrogens is 1. The molecule has 0 saturated carbocycles. The Hall–Kier alpha value is -1.54. The summed E-state index contributed by atoms with van der Waals surface area (Å²) < 4.78 is 38.9. The molecule has 2 heterocycles. The Labute approximate surface area is 109 Å². The van der Waals surface area contributed by atoms with E-state index in [1.165, 1.54) is 12.3 Å². The van der Waals surface area contributed by atoms with Crippen LogP contribution in [0.25, 0.3) is 0 Å². The molecule has 1 aromatic rings. The number of hydrogen-bond donors (Lipinski definition) is 1. The molecule has 19 heavy (non-hydrogen) atoms. The van der Waals surface area contributed by atoms with Crippen molar-refractivity contribution in [2.45, 2.75) is 17.9 Å². The molecule has 1 aromatic heterocycles. The zero-order valence-electron chi connectivity index (χ0n) is 9.99. The third-order valence-corrected chi connectivity index (χ3v) is 4.82. The number of rotatable bonds is 4. The van der Waals surface area contributed by atoms with Gasteiger partial charge < -0.3 is 5.11 Å². The van der Waals surface area contributed by atoms with Gasteiger partial charge in [-0.15, -0.1) is 0 Å². The van der Waals surface area contributed by atoms with Gasteiger partial charge in [-0.25, -0.2) is 17.8 Å². The molecule has 0 radical (unpaired) electrons. The van der Waals surface area contributed by atoms with Crippen LogP contribution in [-0.4, -0.2) is 41.9 Å². The van der Waals surface area contributed by atoms with E-state index in [9.17, 15) is 17.6 Å². The molecular formula is C11H13FN2O4S. The summed E-state index contributed by atoms with van der Waals surface area (Å²) in [6, 6.07) is 2.34. The number of carboxylic acid groups (broad SMARTS) is 1. The second kappa shape index (κ2) is 5.22. The van der Waals surface area contributed by atoms with Crippen LogP contribution < -0.4 is 0 Å². The number of aliphatic carboxylic acids is 1. The van der Waals surface area contributed by atoms with E-state index in [2.05, 4.69) is 4.98 Å². The number of halogens is 1. The Bertz CT molecular complexity index is 590. The molecule has 0 aromatic carbocycles. The van der Waals surface area contributed by atoms with Crippen LogP contribution >= 0.6 is 0 Å². The number of nitrogens with zero attached hydrogens (tertiary/aromatic N) is 2. The van der Waals surface area contributed by atoms with Gasteiger partial charge in [-0.05, 0) is 24.5 Å². The van der Waals surface area contributed by atoms with Crippen molar-refractivity contribution in [3.63, 3.8) is 0 Å². The molecule has 1 fully saturated rings. The predicted octanol–water partition coefficient (Wildman–Crippen LogP) is 0.706. The lowest BCUT2D eigenvalue weighted by Crippen LogP contribution is -2.30. The van der Waals surface area contributed by atoms with Crippen molar-refractivity contribution in [3.05, 3.63) is 24.1 Å². The molecule has 8 heteroatoms. The highest BCUT2D eigenvalue weighted by molar-refractivity contribution is 7.89. The predicted molar refractivity (Wildman–Crippen MR) is 63.3 cm³/mol. The second-order valence-corrected chi connectivity index (χ2v) is 6.26. The van der Waals surface area contributed by atoms with Gasteiger partial charge in [-0.1, -0.05) is 0 Å². The molecule has 2 rings (SSSR count). The van der Waals surface area contributed by atoms with E-state index >= 15 is 0 Å². The highest BCUT2D eigenvalue weighted by atomic mass is 32.2. The Balaban J connectivity index is 2.19. The normalized spacial score (nSPS) is 20.6. The standard InChI is InChI=1S/C11H13FN2O4S/c12-9-2-1-4-13-11(9)19(17,18)14-5-3-8(7-14)6-10(15)16/h1-2,4,8H,3,5-7H2,(H,15,16). The zero-order valence-corrected chi connectivity index (χ0v) is 10.8. The summed E-state index contributed by atoms with van der Waals surface area (Å²) >= 11 is 0. The minimum Gasteiger partial charge on any atom is -0.481 e. The van der Waals surface area contributed by atoms with Gasteiger partial charge >= 0.3 is 5.97 Å². The quantitative estimate of drug-likeness (QED) is 0.881. The summed E-state index contributed by atoms with van der Waals surface area (Å²) in [6.45, 7) is 0.279. The number of sulfonamides is 1. The molecule has 104 valence electrons. The first-order valence-corrected chi connectivity index (χ1v) is 7.17. The van der Waals surface area contributed by atoms with Gasteiger partial charge in [0, 0.05) is 25.7 Å². The minimum atomic E-state index is -3.98. The van der Waals surface area contributed by atoms with Gasteiger partial charge in [0.25, 0.3) is 10.0 Å². The van der Waals surface area contributed by atoms with Gasteiger partial charge in [-0.3, -0.25) is 4.79 Å². The lowest BCUT2D eigenvalue weighted by atomic mass is 10.1. The van der Waals surface area contributed by atoms with Gasteiger partial charge in [0.05, 0.1) is 0 Å². The second-order valence-electron chi connectivity index (χ2n) is 4.41. The third-order valence-electron chi connectivity index (χ3n) is 3.02. The fraction of sp³-hybridized carbons (Fsp3) is 0.455. The van der Waals surface area contributed by atoms with Crippen LogP contribution in [0.15, 0.2) is 23.4 Å². The van der Waals surface area contributed by atoms with Gasteiger partial charge in [0.1, 0.15) is 0 Å². The fourth-order valence-electron chi connectivity index (χ4n) is 2.11. The SMILES string of the molecule is O=C(O)CC1CCN(S(=O)(=O)c2ncccc2F)C1. The summed E-state index contributed by atoms with van der Waals surface area (Å²) in [7, 11) is -3.98. The molecule has 0 bridgehead atoms. The average molecular weight is 288 g/mol. The van der Waals surface area contributed by atoms with E-state index in [0.717, 1.165) is 10.4 Å². The van der Waals surface area contributed by atoms with Crippen molar-refractivity contribution in [1.82, 2.24) is 9.29 Å². The molecule has 1 N–H and O–H groups in total. The van der Waals surface area contributed by atoms with E-state index in [1.807, 2.05) is 0 Å². The van der Waals surface area contributed by atoms with Crippen LogP contribution in [0.5, 0.6) is 0 Å². The van der Waals surface area contributed by atoms with Crippen molar-refractivity contribution < 1.29 is 22.7 Å². The summed E-state index contributed by atoms with van der Waals surface area (Å²) in [5.41, 5.74) is 0. The van der Waals surface area contributed by atoms with Crippen LogP contribution in [0.2, 0.25) is 0 Å². The minimum absolute atomic E-state index is 0.0866. The summed E-state index contributed by atoms with van der Waals surface area (Å²) in [5.74, 6) is -2.10. The molecular weight excluding hydrogens is 275 g/mol. The van der Waals surface area contributed by atoms with Crippen molar-refractivity contribution in [2.24, 2.45) is 5.92 Å². The van der Waals surface area contributed by atoms with E-state index in [-0.39, 0.29) is 25.4 Å². The number of hydrogen-bond acceptors (Lipinski definition) is 4. The first-order valence-electron chi connectivity index (χ1n) is 5.73. The van der Waals surface area contributed by atoms with Crippen LogP contribution in [0.3, 0.4) is 0 Å². The van der Waals surface area contributed by atoms with Crippen LogP contribution in [0.1, 0.15) is 12.8 Å². The monoisotopic (exact) mass is 288 g/mol.